The van der Waals surface area contributed by atoms with Crippen molar-refractivity contribution >= 4 is 27.5 Å². The van der Waals surface area contributed by atoms with Crippen molar-refractivity contribution in [1.29, 1.82) is 0 Å². The SMILES string of the molecule is CCOc1cc(CNCCc2ccc(OC)c(OC)c2)c(Br)cc1OCc1ccccc1Cl. The Labute approximate surface area is 209 Å². The standard InChI is InChI=1S/C26H29BrClNO4/c1-4-32-25-14-20(16-29-12-11-18-9-10-23(30-2)24(13-18)31-3)21(27)15-26(25)33-17-19-7-5-6-8-22(19)28/h5-10,13-15,29H,4,11-12,16-17H2,1-3H3. The fourth-order valence-electron chi connectivity index (χ4n) is 3.36. The van der Waals surface area contributed by atoms with E-state index >= 15 is 0 Å². The van der Waals surface area contributed by atoms with E-state index in [9.17, 15) is 0 Å². The zero-order valence-electron chi connectivity index (χ0n) is 19.1. The molecule has 33 heavy (non-hydrogen) atoms. The molecule has 7 heteroatoms. The summed E-state index contributed by atoms with van der Waals surface area (Å²) < 4.78 is 23.5. The zero-order chi connectivity index (χ0) is 23.6. The third-order valence-electron chi connectivity index (χ3n) is 5.11. The van der Waals surface area contributed by atoms with Gasteiger partial charge in [0.2, 0.25) is 0 Å². The van der Waals surface area contributed by atoms with Crippen LogP contribution in [-0.4, -0.2) is 27.4 Å². The minimum absolute atomic E-state index is 0.370. The average molecular weight is 535 g/mol. The Bertz CT molecular complexity index is 1060. The highest BCUT2D eigenvalue weighted by Crippen LogP contribution is 2.35. The summed E-state index contributed by atoms with van der Waals surface area (Å²) in [6.07, 6.45) is 0.870. The molecule has 1 N–H and O–H groups in total. The fraction of sp³-hybridized carbons (Fsp3) is 0.308. The lowest BCUT2D eigenvalue weighted by molar-refractivity contribution is 0.269. The highest BCUT2D eigenvalue weighted by molar-refractivity contribution is 9.10. The van der Waals surface area contributed by atoms with Crippen LogP contribution in [0.25, 0.3) is 0 Å². The molecule has 3 aromatic rings. The molecule has 0 aliphatic rings. The minimum Gasteiger partial charge on any atom is -0.493 e. The molecule has 0 aliphatic carbocycles. The van der Waals surface area contributed by atoms with Crippen molar-refractivity contribution < 1.29 is 18.9 Å². The van der Waals surface area contributed by atoms with E-state index in [0.29, 0.717) is 36.3 Å². The van der Waals surface area contributed by atoms with E-state index in [-0.39, 0.29) is 0 Å². The van der Waals surface area contributed by atoms with Crippen LogP contribution in [0.2, 0.25) is 5.02 Å². The van der Waals surface area contributed by atoms with E-state index in [2.05, 4.69) is 27.3 Å². The summed E-state index contributed by atoms with van der Waals surface area (Å²) in [4.78, 5) is 0. The summed E-state index contributed by atoms with van der Waals surface area (Å²) in [5.41, 5.74) is 3.20. The van der Waals surface area contributed by atoms with Crippen molar-refractivity contribution in [3.63, 3.8) is 0 Å². The number of methoxy groups -OCH3 is 2. The minimum atomic E-state index is 0.370. The molecular weight excluding hydrogens is 506 g/mol. The number of ether oxygens (including phenoxy) is 4. The molecule has 0 unspecified atom stereocenters. The summed E-state index contributed by atoms with van der Waals surface area (Å²) in [5.74, 6) is 2.87. The first-order chi connectivity index (χ1) is 16.0. The Morgan fingerprint density at radius 2 is 1.61 bits per heavy atom. The Morgan fingerprint density at radius 1 is 0.848 bits per heavy atom. The van der Waals surface area contributed by atoms with Crippen LogP contribution in [0.3, 0.4) is 0 Å². The second-order valence-electron chi connectivity index (χ2n) is 7.32. The van der Waals surface area contributed by atoms with Crippen LogP contribution in [0.5, 0.6) is 23.0 Å². The van der Waals surface area contributed by atoms with Gasteiger partial charge in [-0.1, -0.05) is 51.8 Å². The molecule has 0 aliphatic heterocycles. The van der Waals surface area contributed by atoms with Crippen LogP contribution >= 0.6 is 27.5 Å². The fourth-order valence-corrected chi connectivity index (χ4v) is 4.01. The molecule has 0 radical (unpaired) electrons. The molecule has 176 valence electrons. The predicted octanol–water partition coefficient (Wildman–Crippen LogP) is 6.43. The average Bonchev–Trinajstić information content (AvgIpc) is 2.83. The van der Waals surface area contributed by atoms with Crippen LogP contribution in [-0.2, 0) is 19.6 Å². The lowest BCUT2D eigenvalue weighted by atomic mass is 10.1. The van der Waals surface area contributed by atoms with Gasteiger partial charge in [0.25, 0.3) is 0 Å². The van der Waals surface area contributed by atoms with Crippen molar-refractivity contribution in [2.75, 3.05) is 27.4 Å². The molecular formula is C26H29BrClNO4. The molecule has 0 atom stereocenters. The Kier molecular flexibility index (Phi) is 9.73. The quantitative estimate of drug-likeness (QED) is 0.271. The first-order valence-electron chi connectivity index (χ1n) is 10.8. The van der Waals surface area contributed by atoms with E-state index < -0.39 is 0 Å². The topological polar surface area (TPSA) is 49.0 Å². The van der Waals surface area contributed by atoms with Crippen LogP contribution in [0.15, 0.2) is 59.1 Å². The van der Waals surface area contributed by atoms with Crippen LogP contribution in [0.1, 0.15) is 23.6 Å². The predicted molar refractivity (Wildman–Crippen MR) is 136 cm³/mol. The summed E-state index contributed by atoms with van der Waals surface area (Å²) in [6.45, 7) is 4.39. The molecule has 3 rings (SSSR count). The van der Waals surface area contributed by atoms with E-state index in [0.717, 1.165) is 40.1 Å². The number of rotatable bonds is 12. The largest absolute Gasteiger partial charge is 0.493 e. The summed E-state index contributed by atoms with van der Waals surface area (Å²) in [5, 5.41) is 4.18. The number of nitrogens with one attached hydrogen (secondary N) is 1. The van der Waals surface area contributed by atoms with Gasteiger partial charge < -0.3 is 24.3 Å². The summed E-state index contributed by atoms with van der Waals surface area (Å²) in [7, 11) is 3.29. The van der Waals surface area contributed by atoms with E-state index in [4.69, 9.17) is 30.5 Å². The lowest BCUT2D eigenvalue weighted by Crippen LogP contribution is -2.17. The first-order valence-corrected chi connectivity index (χ1v) is 12.0. The van der Waals surface area contributed by atoms with Gasteiger partial charge in [-0.05, 0) is 61.3 Å². The van der Waals surface area contributed by atoms with Gasteiger partial charge >= 0.3 is 0 Å². The lowest BCUT2D eigenvalue weighted by Gasteiger charge is -2.16. The van der Waals surface area contributed by atoms with Gasteiger partial charge in [0.1, 0.15) is 6.61 Å². The molecule has 0 aromatic heterocycles. The molecule has 3 aromatic carbocycles. The second kappa shape index (κ2) is 12.7. The van der Waals surface area contributed by atoms with Crippen molar-refractivity contribution in [2.45, 2.75) is 26.5 Å². The Hall–Kier alpha value is -2.41. The maximum atomic E-state index is 6.25. The van der Waals surface area contributed by atoms with Crippen molar-refractivity contribution in [2.24, 2.45) is 0 Å². The van der Waals surface area contributed by atoms with E-state index in [1.54, 1.807) is 14.2 Å². The molecule has 0 heterocycles. The number of benzene rings is 3. The Morgan fingerprint density at radius 3 is 2.33 bits per heavy atom. The maximum absolute atomic E-state index is 6.25. The third-order valence-corrected chi connectivity index (χ3v) is 6.21. The highest BCUT2D eigenvalue weighted by Gasteiger charge is 2.12. The van der Waals surface area contributed by atoms with E-state index in [1.807, 2.05) is 55.5 Å². The maximum Gasteiger partial charge on any atom is 0.162 e. The number of hydrogen-bond donors (Lipinski definition) is 1. The summed E-state index contributed by atoms with van der Waals surface area (Å²) >= 11 is 9.93. The van der Waals surface area contributed by atoms with Gasteiger partial charge in [0, 0.05) is 21.6 Å². The van der Waals surface area contributed by atoms with E-state index in [1.165, 1.54) is 5.56 Å². The van der Waals surface area contributed by atoms with Crippen LogP contribution < -0.4 is 24.3 Å². The van der Waals surface area contributed by atoms with Gasteiger partial charge in [0.05, 0.1) is 20.8 Å². The van der Waals surface area contributed by atoms with Crippen molar-refractivity contribution in [1.82, 2.24) is 5.32 Å². The monoisotopic (exact) mass is 533 g/mol. The first kappa shape index (κ1) is 25.2. The molecule has 0 spiro atoms. The zero-order valence-corrected chi connectivity index (χ0v) is 21.5. The smallest absolute Gasteiger partial charge is 0.162 e. The molecule has 0 saturated carbocycles. The van der Waals surface area contributed by atoms with Gasteiger partial charge in [-0.2, -0.15) is 0 Å². The molecule has 0 amide bonds. The van der Waals surface area contributed by atoms with Gasteiger partial charge in [-0.25, -0.2) is 0 Å². The van der Waals surface area contributed by atoms with Gasteiger partial charge in [0.15, 0.2) is 23.0 Å². The number of halogens is 2. The van der Waals surface area contributed by atoms with Gasteiger partial charge in [-0.3, -0.25) is 0 Å². The molecule has 5 nitrogen and oxygen atoms in total. The molecule has 0 saturated heterocycles. The third kappa shape index (κ3) is 7.03. The van der Waals surface area contributed by atoms with Crippen molar-refractivity contribution in [3.8, 4) is 23.0 Å². The summed E-state index contributed by atoms with van der Waals surface area (Å²) in [6, 6.07) is 17.6. The number of hydrogen-bond acceptors (Lipinski definition) is 5. The van der Waals surface area contributed by atoms with Crippen molar-refractivity contribution in [3.05, 3.63) is 80.8 Å². The van der Waals surface area contributed by atoms with Crippen LogP contribution in [0.4, 0.5) is 0 Å². The second-order valence-corrected chi connectivity index (χ2v) is 8.58. The molecule has 0 bridgehead atoms. The Balaban J connectivity index is 1.61. The normalized spacial score (nSPS) is 10.7. The highest BCUT2D eigenvalue weighted by atomic mass is 79.9. The molecule has 0 fully saturated rings. The van der Waals surface area contributed by atoms with Crippen LogP contribution in [0, 0.1) is 0 Å². The van der Waals surface area contributed by atoms with Gasteiger partial charge in [-0.15, -0.1) is 0 Å².